The van der Waals surface area contributed by atoms with Gasteiger partial charge < -0.3 is 15.9 Å². The van der Waals surface area contributed by atoms with E-state index in [2.05, 4.69) is 4.98 Å². The summed E-state index contributed by atoms with van der Waals surface area (Å²) in [5, 5.41) is 19.3. The highest BCUT2D eigenvalue weighted by Gasteiger charge is 2.19. The van der Waals surface area contributed by atoms with Crippen molar-refractivity contribution in [2.24, 2.45) is 5.73 Å². The van der Waals surface area contributed by atoms with Crippen molar-refractivity contribution in [3.8, 4) is 0 Å². The van der Waals surface area contributed by atoms with Gasteiger partial charge >= 0.3 is 0 Å². The maximum Gasteiger partial charge on any atom is 0.107 e. The molecule has 0 spiro atoms. The number of aliphatic hydroxyl groups excluding tert-OH is 2. The van der Waals surface area contributed by atoms with Crippen LogP contribution in [-0.2, 0) is 0 Å². The van der Waals surface area contributed by atoms with Crippen LogP contribution in [0.4, 0.5) is 0 Å². The number of rotatable bonds is 4. The van der Waals surface area contributed by atoms with Crippen LogP contribution in [0.3, 0.4) is 0 Å². The zero-order valence-corrected chi connectivity index (χ0v) is 8.22. The van der Waals surface area contributed by atoms with Crippen LogP contribution in [0.2, 0.25) is 0 Å². The van der Waals surface area contributed by atoms with Crippen LogP contribution in [0.25, 0.3) is 0 Å². The first kappa shape index (κ1) is 11.1. The Morgan fingerprint density at radius 2 is 2.21 bits per heavy atom. The van der Waals surface area contributed by atoms with Gasteiger partial charge in [-0.1, -0.05) is 6.07 Å². The number of aromatic nitrogens is 1. The Labute approximate surface area is 83.4 Å². The van der Waals surface area contributed by atoms with E-state index in [0.29, 0.717) is 18.5 Å². The zero-order valence-electron chi connectivity index (χ0n) is 8.22. The lowest BCUT2D eigenvalue weighted by Crippen LogP contribution is -2.22. The van der Waals surface area contributed by atoms with E-state index in [1.807, 2.05) is 0 Å². The van der Waals surface area contributed by atoms with Crippen LogP contribution >= 0.6 is 0 Å². The predicted octanol–water partition coefficient (Wildman–Crippen LogP) is 0.133. The largest absolute Gasteiger partial charge is 0.390 e. The molecule has 0 radical (unpaired) electrons. The number of nitrogens with two attached hydrogens (primary N) is 1. The molecule has 1 aromatic rings. The van der Waals surface area contributed by atoms with E-state index in [0.717, 1.165) is 5.69 Å². The van der Waals surface area contributed by atoms with Gasteiger partial charge in [0.15, 0.2) is 0 Å². The SMILES string of the molecule is Cc1ncccc1C(O)C(O)CCN. The molecular weight excluding hydrogens is 180 g/mol. The van der Waals surface area contributed by atoms with Crippen molar-refractivity contribution in [1.82, 2.24) is 4.98 Å². The molecule has 78 valence electrons. The second kappa shape index (κ2) is 5.05. The molecule has 0 bridgehead atoms. The summed E-state index contributed by atoms with van der Waals surface area (Å²) in [6.07, 6.45) is 0.325. The standard InChI is InChI=1S/C10H16N2O2/c1-7-8(3-2-6-12-7)10(14)9(13)4-5-11/h2-3,6,9-10,13-14H,4-5,11H2,1H3. The fraction of sp³-hybridized carbons (Fsp3) is 0.500. The molecule has 0 saturated carbocycles. The molecule has 0 aromatic carbocycles. The van der Waals surface area contributed by atoms with Crippen molar-refractivity contribution < 1.29 is 10.2 Å². The van der Waals surface area contributed by atoms with Gasteiger partial charge in [0.25, 0.3) is 0 Å². The van der Waals surface area contributed by atoms with Crippen molar-refractivity contribution in [2.45, 2.75) is 25.6 Å². The van der Waals surface area contributed by atoms with Crippen molar-refractivity contribution in [2.75, 3.05) is 6.54 Å². The topological polar surface area (TPSA) is 79.4 Å². The first-order valence-electron chi connectivity index (χ1n) is 4.64. The Morgan fingerprint density at radius 1 is 1.50 bits per heavy atom. The molecule has 0 fully saturated rings. The number of hydrogen-bond donors (Lipinski definition) is 3. The lowest BCUT2D eigenvalue weighted by Gasteiger charge is -2.18. The van der Waals surface area contributed by atoms with Gasteiger partial charge in [-0.2, -0.15) is 0 Å². The Balaban J connectivity index is 2.78. The molecule has 1 heterocycles. The summed E-state index contributed by atoms with van der Waals surface area (Å²) in [5.41, 5.74) is 6.69. The third-order valence-corrected chi connectivity index (χ3v) is 2.19. The van der Waals surface area contributed by atoms with E-state index in [9.17, 15) is 10.2 Å². The predicted molar refractivity (Wildman–Crippen MR) is 53.6 cm³/mol. The van der Waals surface area contributed by atoms with Crippen molar-refractivity contribution in [3.63, 3.8) is 0 Å². The fourth-order valence-corrected chi connectivity index (χ4v) is 1.35. The van der Waals surface area contributed by atoms with Crippen molar-refractivity contribution in [3.05, 3.63) is 29.6 Å². The summed E-state index contributed by atoms with van der Waals surface area (Å²) < 4.78 is 0. The van der Waals surface area contributed by atoms with Gasteiger partial charge in [0.2, 0.25) is 0 Å². The third-order valence-electron chi connectivity index (χ3n) is 2.19. The molecule has 0 aliphatic carbocycles. The van der Waals surface area contributed by atoms with Crippen LogP contribution in [0.5, 0.6) is 0 Å². The highest BCUT2D eigenvalue weighted by atomic mass is 16.3. The Kier molecular flexibility index (Phi) is 4.00. The minimum atomic E-state index is -0.896. The van der Waals surface area contributed by atoms with Gasteiger partial charge in [-0.15, -0.1) is 0 Å². The lowest BCUT2D eigenvalue weighted by molar-refractivity contribution is 0.0144. The summed E-state index contributed by atoms with van der Waals surface area (Å²) in [4.78, 5) is 4.04. The first-order chi connectivity index (χ1) is 6.66. The Morgan fingerprint density at radius 3 is 2.79 bits per heavy atom. The molecule has 4 heteroatoms. The number of hydrogen-bond acceptors (Lipinski definition) is 4. The number of pyridine rings is 1. The van der Waals surface area contributed by atoms with Crippen LogP contribution in [-0.4, -0.2) is 27.8 Å². The van der Waals surface area contributed by atoms with Crippen LogP contribution in [0.15, 0.2) is 18.3 Å². The molecule has 4 nitrogen and oxygen atoms in total. The maximum atomic E-state index is 9.76. The molecule has 1 rings (SSSR count). The average Bonchev–Trinajstić information content (AvgIpc) is 2.18. The van der Waals surface area contributed by atoms with E-state index in [1.54, 1.807) is 25.3 Å². The average molecular weight is 196 g/mol. The smallest absolute Gasteiger partial charge is 0.107 e. The van der Waals surface area contributed by atoms with E-state index in [1.165, 1.54) is 0 Å². The Hall–Kier alpha value is -0.970. The van der Waals surface area contributed by atoms with E-state index < -0.39 is 12.2 Å². The fourth-order valence-electron chi connectivity index (χ4n) is 1.35. The second-order valence-corrected chi connectivity index (χ2v) is 3.27. The number of nitrogens with zero attached hydrogens (tertiary/aromatic N) is 1. The van der Waals surface area contributed by atoms with Gasteiger partial charge in [0.05, 0.1) is 6.10 Å². The summed E-state index contributed by atoms with van der Waals surface area (Å²) in [5.74, 6) is 0. The lowest BCUT2D eigenvalue weighted by atomic mass is 10.0. The molecule has 0 aliphatic rings. The van der Waals surface area contributed by atoms with Gasteiger partial charge in [-0.05, 0) is 26.0 Å². The molecule has 4 N–H and O–H groups in total. The van der Waals surface area contributed by atoms with Crippen LogP contribution in [0, 0.1) is 6.92 Å². The molecular formula is C10H16N2O2. The molecule has 0 saturated heterocycles. The highest BCUT2D eigenvalue weighted by molar-refractivity contribution is 5.21. The molecule has 0 amide bonds. The summed E-state index contributed by atoms with van der Waals surface area (Å²) in [6.45, 7) is 2.16. The minimum Gasteiger partial charge on any atom is -0.390 e. The molecule has 2 atom stereocenters. The summed E-state index contributed by atoms with van der Waals surface area (Å²) in [7, 11) is 0. The molecule has 1 aromatic heterocycles. The van der Waals surface area contributed by atoms with E-state index in [-0.39, 0.29) is 0 Å². The van der Waals surface area contributed by atoms with Gasteiger partial charge in [0, 0.05) is 17.5 Å². The number of aliphatic hydroxyl groups is 2. The van der Waals surface area contributed by atoms with Crippen molar-refractivity contribution >= 4 is 0 Å². The quantitative estimate of drug-likeness (QED) is 0.639. The normalized spacial score (nSPS) is 15.1. The minimum absolute atomic E-state index is 0.359. The molecule has 14 heavy (non-hydrogen) atoms. The van der Waals surface area contributed by atoms with Crippen LogP contribution < -0.4 is 5.73 Å². The highest BCUT2D eigenvalue weighted by Crippen LogP contribution is 2.20. The van der Waals surface area contributed by atoms with Crippen molar-refractivity contribution in [1.29, 1.82) is 0 Å². The Bertz CT molecular complexity index is 291. The van der Waals surface area contributed by atoms with Gasteiger partial charge in [-0.3, -0.25) is 4.98 Å². The first-order valence-corrected chi connectivity index (χ1v) is 4.64. The second-order valence-electron chi connectivity index (χ2n) is 3.27. The monoisotopic (exact) mass is 196 g/mol. The van der Waals surface area contributed by atoms with Gasteiger partial charge in [-0.25, -0.2) is 0 Å². The van der Waals surface area contributed by atoms with Gasteiger partial charge in [0.1, 0.15) is 6.10 Å². The van der Waals surface area contributed by atoms with E-state index in [4.69, 9.17) is 5.73 Å². The summed E-state index contributed by atoms with van der Waals surface area (Å²) >= 11 is 0. The maximum absolute atomic E-state index is 9.76. The molecule has 2 unspecified atom stereocenters. The zero-order chi connectivity index (χ0) is 10.6. The third kappa shape index (κ3) is 2.51. The summed E-state index contributed by atoms with van der Waals surface area (Å²) in [6, 6.07) is 3.49. The molecule has 0 aliphatic heterocycles. The van der Waals surface area contributed by atoms with Crippen LogP contribution in [0.1, 0.15) is 23.8 Å². The van der Waals surface area contributed by atoms with E-state index >= 15 is 0 Å². The number of aryl methyl sites for hydroxylation is 1.